The number of hydrogen-bond donors (Lipinski definition) is 0. The number of hydrogen-bond acceptors (Lipinski definition) is 5. The van der Waals surface area contributed by atoms with E-state index in [0.717, 1.165) is 14.7 Å². The number of benzene rings is 1. The van der Waals surface area contributed by atoms with Crippen LogP contribution in [0.2, 0.25) is 0 Å². The topological polar surface area (TPSA) is 79.5 Å². The van der Waals surface area contributed by atoms with Crippen LogP contribution in [0, 0.1) is 0 Å². The Morgan fingerprint density at radius 1 is 1.21 bits per heavy atom. The number of carbonyl (C=O) groups excluding carboxylic acids is 1. The average Bonchev–Trinajstić information content (AvgIpc) is 2.59. The second kappa shape index (κ2) is 8.60. The van der Waals surface area contributed by atoms with Crippen LogP contribution in [0.15, 0.2) is 50.6 Å². The van der Waals surface area contributed by atoms with Gasteiger partial charge in [0.1, 0.15) is 6.54 Å². The number of esters is 1. The molecule has 0 fully saturated rings. The molecule has 0 spiro atoms. The lowest BCUT2D eigenvalue weighted by molar-refractivity contribution is -0.141. The highest BCUT2D eigenvalue weighted by Gasteiger charge is 2.12. The molecule has 0 saturated carbocycles. The van der Waals surface area contributed by atoms with E-state index in [4.69, 9.17) is 4.74 Å². The van der Waals surface area contributed by atoms with Gasteiger partial charge in [-0.2, -0.15) is 0 Å². The predicted octanol–water partition coefficient (Wildman–Crippen LogP) is 1.16. The largest absolute Gasteiger partial charge is 0.468 e. The van der Waals surface area contributed by atoms with Gasteiger partial charge >= 0.3 is 11.7 Å². The molecule has 0 N–H and O–H groups in total. The van der Waals surface area contributed by atoms with E-state index in [0.29, 0.717) is 6.61 Å². The normalized spacial score (nSPS) is 10.6. The number of ether oxygens (including phenoxy) is 2. The molecule has 0 aliphatic heterocycles. The fraction of sp³-hybridized carbons (Fsp3) is 0.312. The van der Waals surface area contributed by atoms with Crippen molar-refractivity contribution < 1.29 is 14.3 Å². The lowest BCUT2D eigenvalue weighted by atomic mass is 10.2. The molecule has 2 rings (SSSR count). The van der Waals surface area contributed by atoms with Gasteiger partial charge < -0.3 is 9.47 Å². The van der Waals surface area contributed by atoms with Gasteiger partial charge in [-0.1, -0.05) is 30.3 Å². The van der Waals surface area contributed by atoms with E-state index < -0.39 is 17.2 Å². The first-order chi connectivity index (χ1) is 11.5. The SMILES string of the molecule is COC(=O)Cn1cc(Br)c(=O)n(CCOCc2ccccc2)c1=O. The number of rotatable bonds is 7. The minimum atomic E-state index is -0.586. The van der Waals surface area contributed by atoms with E-state index in [-0.39, 0.29) is 24.2 Å². The first-order valence-corrected chi connectivity index (χ1v) is 8.00. The molecule has 0 atom stereocenters. The Morgan fingerprint density at radius 2 is 1.92 bits per heavy atom. The first-order valence-electron chi connectivity index (χ1n) is 7.21. The zero-order chi connectivity index (χ0) is 17.5. The highest BCUT2D eigenvalue weighted by atomic mass is 79.9. The van der Waals surface area contributed by atoms with Crippen LogP contribution in [-0.2, 0) is 34.0 Å². The standard InChI is InChI=1S/C16H17BrN2O5/c1-23-14(20)10-18-9-13(17)15(21)19(16(18)22)7-8-24-11-12-5-3-2-4-6-12/h2-6,9H,7-8,10-11H2,1H3. The van der Waals surface area contributed by atoms with Crippen LogP contribution in [0.25, 0.3) is 0 Å². The Hall–Kier alpha value is -2.19. The van der Waals surface area contributed by atoms with E-state index in [1.54, 1.807) is 0 Å². The molecule has 0 radical (unpaired) electrons. The Labute approximate surface area is 146 Å². The van der Waals surface area contributed by atoms with Gasteiger partial charge in [0.2, 0.25) is 0 Å². The van der Waals surface area contributed by atoms with Gasteiger partial charge in [0.25, 0.3) is 5.56 Å². The smallest absolute Gasteiger partial charge is 0.331 e. The molecule has 128 valence electrons. The van der Waals surface area contributed by atoms with E-state index in [9.17, 15) is 14.4 Å². The van der Waals surface area contributed by atoms with Gasteiger partial charge in [-0.3, -0.25) is 18.7 Å². The molecule has 0 saturated heterocycles. The summed E-state index contributed by atoms with van der Waals surface area (Å²) in [5.74, 6) is -0.575. The zero-order valence-corrected chi connectivity index (χ0v) is 14.7. The third-order valence-electron chi connectivity index (χ3n) is 3.29. The third kappa shape index (κ3) is 4.65. The van der Waals surface area contributed by atoms with Crippen LogP contribution in [-0.4, -0.2) is 28.8 Å². The monoisotopic (exact) mass is 396 g/mol. The summed E-state index contributed by atoms with van der Waals surface area (Å²) in [6, 6.07) is 9.57. The van der Waals surface area contributed by atoms with Crippen molar-refractivity contribution in [2.24, 2.45) is 0 Å². The van der Waals surface area contributed by atoms with Crippen LogP contribution >= 0.6 is 15.9 Å². The average molecular weight is 397 g/mol. The van der Waals surface area contributed by atoms with Crippen LogP contribution in [0.4, 0.5) is 0 Å². The van der Waals surface area contributed by atoms with E-state index >= 15 is 0 Å². The Morgan fingerprint density at radius 3 is 2.58 bits per heavy atom. The second-order valence-corrected chi connectivity index (χ2v) is 5.81. The minimum absolute atomic E-state index is 0.0884. The summed E-state index contributed by atoms with van der Waals surface area (Å²) in [7, 11) is 1.23. The van der Waals surface area contributed by atoms with Crippen molar-refractivity contribution in [3.05, 3.63) is 67.4 Å². The van der Waals surface area contributed by atoms with Gasteiger partial charge in [-0.25, -0.2) is 4.79 Å². The fourth-order valence-electron chi connectivity index (χ4n) is 2.05. The molecule has 24 heavy (non-hydrogen) atoms. The molecule has 0 aliphatic carbocycles. The van der Waals surface area contributed by atoms with Crippen LogP contribution in [0.5, 0.6) is 0 Å². The first kappa shape index (κ1) is 18.2. The second-order valence-electron chi connectivity index (χ2n) is 4.96. The number of nitrogens with zero attached hydrogens (tertiary/aromatic N) is 2. The molecular formula is C16H17BrN2O5. The molecule has 1 aromatic carbocycles. The van der Waals surface area contributed by atoms with Crippen molar-refractivity contribution in [1.82, 2.24) is 9.13 Å². The Kier molecular flexibility index (Phi) is 6.51. The number of carbonyl (C=O) groups is 1. The van der Waals surface area contributed by atoms with Gasteiger partial charge in [0.15, 0.2) is 0 Å². The van der Waals surface area contributed by atoms with Crippen molar-refractivity contribution in [2.45, 2.75) is 19.7 Å². The molecule has 7 nitrogen and oxygen atoms in total. The summed E-state index contributed by atoms with van der Waals surface area (Å²) in [6.07, 6.45) is 1.28. The number of aromatic nitrogens is 2. The maximum Gasteiger partial charge on any atom is 0.331 e. The maximum absolute atomic E-state index is 12.3. The van der Waals surface area contributed by atoms with Crippen LogP contribution in [0.3, 0.4) is 0 Å². The number of methoxy groups -OCH3 is 1. The molecule has 0 amide bonds. The van der Waals surface area contributed by atoms with Gasteiger partial charge in [0, 0.05) is 6.20 Å². The molecule has 0 aliphatic rings. The van der Waals surface area contributed by atoms with Crippen LogP contribution in [0.1, 0.15) is 5.56 Å². The maximum atomic E-state index is 12.3. The van der Waals surface area contributed by atoms with Gasteiger partial charge in [0.05, 0.1) is 31.3 Å². The summed E-state index contributed by atoms with van der Waals surface area (Å²) in [4.78, 5) is 35.7. The molecule has 1 heterocycles. The van der Waals surface area contributed by atoms with Crippen molar-refractivity contribution in [3.63, 3.8) is 0 Å². The summed E-state index contributed by atoms with van der Waals surface area (Å²) in [6.45, 7) is 0.406. The van der Waals surface area contributed by atoms with Crippen molar-refractivity contribution in [2.75, 3.05) is 13.7 Å². The molecular weight excluding hydrogens is 380 g/mol. The quantitative estimate of drug-likeness (QED) is 0.518. The van der Waals surface area contributed by atoms with E-state index in [1.807, 2.05) is 30.3 Å². The minimum Gasteiger partial charge on any atom is -0.468 e. The Bertz CT molecular complexity index is 813. The molecule has 0 bridgehead atoms. The zero-order valence-electron chi connectivity index (χ0n) is 13.1. The number of halogens is 1. The van der Waals surface area contributed by atoms with Crippen LogP contribution < -0.4 is 11.2 Å². The lowest BCUT2D eigenvalue weighted by Gasteiger charge is -2.11. The molecule has 1 aromatic heterocycles. The van der Waals surface area contributed by atoms with E-state index in [1.165, 1.54) is 13.3 Å². The van der Waals surface area contributed by atoms with Crippen molar-refractivity contribution in [3.8, 4) is 0 Å². The molecule has 2 aromatic rings. The predicted molar refractivity (Wildman–Crippen MR) is 90.8 cm³/mol. The molecule has 0 unspecified atom stereocenters. The Balaban J connectivity index is 2.07. The summed E-state index contributed by atoms with van der Waals surface area (Å²) >= 11 is 3.10. The highest BCUT2D eigenvalue weighted by molar-refractivity contribution is 9.10. The summed E-state index contributed by atoms with van der Waals surface area (Å²) in [5.41, 5.74) is -0.0523. The van der Waals surface area contributed by atoms with Crippen molar-refractivity contribution in [1.29, 1.82) is 0 Å². The summed E-state index contributed by atoms with van der Waals surface area (Å²) < 4.78 is 12.4. The van der Waals surface area contributed by atoms with Gasteiger partial charge in [-0.15, -0.1) is 0 Å². The third-order valence-corrected chi connectivity index (χ3v) is 3.84. The molecule has 8 heteroatoms. The van der Waals surface area contributed by atoms with Gasteiger partial charge in [-0.05, 0) is 21.5 Å². The highest BCUT2D eigenvalue weighted by Crippen LogP contribution is 2.02. The lowest BCUT2D eigenvalue weighted by Crippen LogP contribution is -2.41. The van der Waals surface area contributed by atoms with E-state index in [2.05, 4.69) is 20.7 Å². The summed E-state index contributed by atoms with van der Waals surface area (Å²) in [5, 5.41) is 0. The van der Waals surface area contributed by atoms with Crippen molar-refractivity contribution >= 4 is 21.9 Å². The fourth-order valence-corrected chi connectivity index (χ4v) is 2.51.